The van der Waals surface area contributed by atoms with Gasteiger partial charge in [-0.3, -0.25) is 0 Å². The monoisotopic (exact) mass is 263 g/mol. The largest absolute Gasteiger partial charge is 0.437 e. The molecule has 1 heterocycles. The molecule has 0 N–H and O–H groups in total. The summed E-state index contributed by atoms with van der Waals surface area (Å²) in [5.41, 5.74) is -4.20. The quantitative estimate of drug-likeness (QED) is 0.576. The molecular formula is C6H3F6N3S. The lowest BCUT2D eigenvalue weighted by atomic mass is 10.3. The Labute approximate surface area is 89.3 Å². The molecule has 1 aromatic rings. The maximum atomic E-state index is 12.3. The maximum absolute atomic E-state index is 12.3. The third-order valence-corrected chi connectivity index (χ3v) is 1.92. The van der Waals surface area contributed by atoms with E-state index < -0.39 is 28.9 Å². The van der Waals surface area contributed by atoms with Crippen molar-refractivity contribution < 1.29 is 26.3 Å². The Morgan fingerprint density at radius 2 is 1.38 bits per heavy atom. The van der Waals surface area contributed by atoms with Gasteiger partial charge < -0.3 is 0 Å². The predicted octanol–water partition coefficient (Wildman–Crippen LogP) is 2.63. The van der Waals surface area contributed by atoms with Gasteiger partial charge in [-0.25, -0.2) is 4.98 Å². The molecule has 0 aliphatic carbocycles. The molecule has 0 saturated heterocycles. The van der Waals surface area contributed by atoms with Gasteiger partial charge in [0.05, 0.1) is 0 Å². The summed E-state index contributed by atoms with van der Waals surface area (Å²) in [6.07, 6.45) is -9.13. The first-order chi connectivity index (χ1) is 7.16. The fourth-order valence-corrected chi connectivity index (χ4v) is 1.09. The van der Waals surface area contributed by atoms with Crippen LogP contribution < -0.4 is 0 Å². The van der Waals surface area contributed by atoms with Gasteiger partial charge in [0.1, 0.15) is 0 Å². The highest BCUT2D eigenvalue weighted by atomic mass is 32.2. The van der Waals surface area contributed by atoms with E-state index in [1.807, 2.05) is 0 Å². The van der Waals surface area contributed by atoms with E-state index in [1.165, 1.54) is 6.26 Å². The van der Waals surface area contributed by atoms with Gasteiger partial charge in [-0.05, 0) is 6.26 Å². The summed E-state index contributed by atoms with van der Waals surface area (Å²) in [6.45, 7) is 0. The molecule has 0 amide bonds. The highest BCUT2D eigenvalue weighted by Crippen LogP contribution is 2.37. The van der Waals surface area contributed by atoms with Crippen LogP contribution in [-0.2, 0) is 12.4 Å². The molecule has 1 rings (SSSR count). The highest BCUT2D eigenvalue weighted by Gasteiger charge is 2.47. The molecule has 0 unspecified atom stereocenters. The second kappa shape index (κ2) is 4.07. The van der Waals surface area contributed by atoms with Crippen LogP contribution in [0.3, 0.4) is 0 Å². The first kappa shape index (κ1) is 13.0. The molecule has 16 heavy (non-hydrogen) atoms. The van der Waals surface area contributed by atoms with Crippen LogP contribution in [0.5, 0.6) is 0 Å². The van der Waals surface area contributed by atoms with Gasteiger partial charge in [0.25, 0.3) is 0 Å². The molecular weight excluding hydrogens is 260 g/mol. The lowest BCUT2D eigenvalue weighted by molar-refractivity contribution is -0.168. The molecule has 10 heteroatoms. The van der Waals surface area contributed by atoms with Crippen molar-refractivity contribution in [1.29, 1.82) is 0 Å². The smallest absolute Gasteiger partial charge is 0.214 e. The van der Waals surface area contributed by atoms with Crippen LogP contribution in [0, 0.1) is 0 Å². The number of rotatable bonds is 1. The summed E-state index contributed by atoms with van der Waals surface area (Å²) in [7, 11) is 0. The topological polar surface area (TPSA) is 38.7 Å². The third-order valence-electron chi connectivity index (χ3n) is 1.39. The Kier molecular flexibility index (Phi) is 3.31. The van der Waals surface area contributed by atoms with Gasteiger partial charge in [-0.15, -0.1) is 10.2 Å². The second-order valence-corrected chi connectivity index (χ2v) is 3.26. The van der Waals surface area contributed by atoms with Gasteiger partial charge in [0.15, 0.2) is 11.4 Å². The van der Waals surface area contributed by atoms with Crippen LogP contribution in [0.4, 0.5) is 26.3 Å². The van der Waals surface area contributed by atoms with Crippen LogP contribution >= 0.6 is 11.8 Å². The molecule has 0 spiro atoms. The molecule has 1 aromatic heterocycles. The third kappa shape index (κ3) is 2.74. The van der Waals surface area contributed by atoms with E-state index in [4.69, 9.17) is 0 Å². The van der Waals surface area contributed by atoms with Crippen molar-refractivity contribution in [2.45, 2.75) is 17.5 Å². The van der Waals surface area contributed by atoms with E-state index in [0.29, 0.717) is 11.8 Å². The highest BCUT2D eigenvalue weighted by molar-refractivity contribution is 7.98. The molecule has 0 radical (unpaired) electrons. The summed E-state index contributed by atoms with van der Waals surface area (Å²) in [5, 5.41) is 4.96. The summed E-state index contributed by atoms with van der Waals surface area (Å²) >= 11 is 0.666. The average Bonchev–Trinajstić information content (AvgIpc) is 2.14. The molecule has 90 valence electrons. The summed E-state index contributed by atoms with van der Waals surface area (Å²) in [5.74, 6) is 0. The Hall–Kier alpha value is -1.06. The predicted molar refractivity (Wildman–Crippen MR) is 41.6 cm³/mol. The zero-order valence-corrected chi connectivity index (χ0v) is 8.33. The molecule has 0 aromatic carbocycles. The van der Waals surface area contributed by atoms with E-state index in [1.54, 1.807) is 0 Å². The lowest BCUT2D eigenvalue weighted by Crippen LogP contribution is -2.21. The zero-order valence-electron chi connectivity index (χ0n) is 7.52. The summed E-state index contributed by atoms with van der Waals surface area (Å²) in [6, 6.07) is 0. The van der Waals surface area contributed by atoms with Crippen molar-refractivity contribution in [3.63, 3.8) is 0 Å². The van der Waals surface area contributed by atoms with Gasteiger partial charge in [0, 0.05) is 0 Å². The van der Waals surface area contributed by atoms with E-state index in [2.05, 4.69) is 15.2 Å². The maximum Gasteiger partial charge on any atom is 0.437 e. The number of alkyl halides is 6. The minimum atomic E-state index is -5.23. The Morgan fingerprint density at radius 1 is 0.875 bits per heavy atom. The fraction of sp³-hybridized carbons (Fsp3) is 0.500. The van der Waals surface area contributed by atoms with Crippen LogP contribution in [0.2, 0.25) is 0 Å². The fourth-order valence-electron chi connectivity index (χ4n) is 0.786. The molecule has 3 nitrogen and oxygen atoms in total. The summed E-state index contributed by atoms with van der Waals surface area (Å²) < 4.78 is 73.3. The van der Waals surface area contributed by atoms with Crippen LogP contribution in [0.15, 0.2) is 5.16 Å². The van der Waals surface area contributed by atoms with E-state index in [0.717, 1.165) is 0 Å². The molecule has 0 bridgehead atoms. The van der Waals surface area contributed by atoms with E-state index >= 15 is 0 Å². The number of aromatic nitrogens is 3. The minimum Gasteiger partial charge on any atom is -0.214 e. The van der Waals surface area contributed by atoms with Gasteiger partial charge in [-0.1, -0.05) is 11.8 Å². The van der Waals surface area contributed by atoms with Crippen LogP contribution in [0.25, 0.3) is 0 Å². The first-order valence-corrected chi connectivity index (χ1v) is 4.82. The first-order valence-electron chi connectivity index (χ1n) is 3.59. The SMILES string of the molecule is CSc1nnc(C(F)(F)F)c(C(F)(F)F)n1. The Balaban J connectivity index is 3.40. The zero-order chi connectivity index (χ0) is 12.6. The van der Waals surface area contributed by atoms with Gasteiger partial charge in [0.2, 0.25) is 5.16 Å². The van der Waals surface area contributed by atoms with Crippen molar-refractivity contribution in [1.82, 2.24) is 15.2 Å². The second-order valence-electron chi connectivity index (χ2n) is 2.49. The number of hydrogen-bond acceptors (Lipinski definition) is 4. The number of hydrogen-bond donors (Lipinski definition) is 0. The number of thioether (sulfide) groups is 1. The van der Waals surface area contributed by atoms with Crippen LogP contribution in [-0.4, -0.2) is 21.4 Å². The number of halogens is 6. The van der Waals surface area contributed by atoms with Gasteiger partial charge >= 0.3 is 12.4 Å². The van der Waals surface area contributed by atoms with E-state index in [-0.39, 0.29) is 0 Å². The Morgan fingerprint density at radius 3 is 1.75 bits per heavy atom. The van der Waals surface area contributed by atoms with Crippen molar-refractivity contribution in [2.75, 3.05) is 6.26 Å². The van der Waals surface area contributed by atoms with E-state index in [9.17, 15) is 26.3 Å². The standard InChI is InChI=1S/C6H3F6N3S/c1-16-4-13-2(5(7,8)9)3(14-15-4)6(10,11)12/h1H3. The molecule has 0 atom stereocenters. The normalized spacial score (nSPS) is 12.9. The average molecular weight is 263 g/mol. The molecule has 0 aliphatic rings. The number of nitrogens with zero attached hydrogens (tertiary/aromatic N) is 3. The van der Waals surface area contributed by atoms with Crippen molar-refractivity contribution >= 4 is 11.8 Å². The Bertz CT molecular complexity index is 387. The molecule has 0 fully saturated rings. The van der Waals surface area contributed by atoms with Crippen molar-refractivity contribution in [2.24, 2.45) is 0 Å². The molecule has 0 saturated carbocycles. The minimum absolute atomic E-state index is 0.472. The van der Waals surface area contributed by atoms with Gasteiger partial charge in [-0.2, -0.15) is 26.3 Å². The molecule has 0 aliphatic heterocycles. The lowest BCUT2D eigenvalue weighted by Gasteiger charge is -2.12. The van der Waals surface area contributed by atoms with Crippen LogP contribution in [0.1, 0.15) is 11.4 Å². The summed E-state index contributed by atoms with van der Waals surface area (Å²) in [4.78, 5) is 2.77. The van der Waals surface area contributed by atoms with Crippen molar-refractivity contribution in [3.05, 3.63) is 11.4 Å². The van der Waals surface area contributed by atoms with Crippen molar-refractivity contribution in [3.8, 4) is 0 Å².